The summed E-state index contributed by atoms with van der Waals surface area (Å²) in [6.45, 7) is 0.690. The number of unbranched alkanes of at least 4 members (excludes halogenated alkanes) is 2. The Morgan fingerprint density at radius 1 is 1.29 bits per heavy atom. The van der Waals surface area contributed by atoms with Gasteiger partial charge in [-0.2, -0.15) is 0 Å². The standard InChI is InChI=1S/C13H17BrO3/c14-7-2-1-3-8-17-10-13(16)11-5-4-6-12(15)9-11/h4-6,9,15H,1-3,7-8,10H2. The summed E-state index contributed by atoms with van der Waals surface area (Å²) in [6, 6.07) is 6.32. The van der Waals surface area contributed by atoms with Crippen LogP contribution in [0.5, 0.6) is 5.75 Å². The molecule has 0 fully saturated rings. The topological polar surface area (TPSA) is 46.5 Å². The van der Waals surface area contributed by atoms with Gasteiger partial charge in [0.2, 0.25) is 0 Å². The number of phenols is 1. The predicted molar refractivity (Wildman–Crippen MR) is 70.9 cm³/mol. The van der Waals surface area contributed by atoms with E-state index in [4.69, 9.17) is 4.74 Å². The monoisotopic (exact) mass is 300 g/mol. The van der Waals surface area contributed by atoms with Crippen molar-refractivity contribution in [3.05, 3.63) is 29.8 Å². The van der Waals surface area contributed by atoms with Crippen molar-refractivity contribution in [3.8, 4) is 5.75 Å². The van der Waals surface area contributed by atoms with Gasteiger partial charge < -0.3 is 9.84 Å². The number of ether oxygens (including phenoxy) is 1. The fourth-order valence-electron chi connectivity index (χ4n) is 1.40. The van der Waals surface area contributed by atoms with Crippen LogP contribution in [0.4, 0.5) is 0 Å². The number of benzene rings is 1. The summed E-state index contributed by atoms with van der Waals surface area (Å²) in [5, 5.41) is 10.2. The molecule has 1 N–H and O–H groups in total. The number of hydrogen-bond acceptors (Lipinski definition) is 3. The number of aromatic hydroxyl groups is 1. The number of halogens is 1. The molecular formula is C13H17BrO3. The molecule has 0 saturated carbocycles. The molecule has 0 spiro atoms. The molecule has 4 heteroatoms. The van der Waals surface area contributed by atoms with Crippen LogP contribution in [0.15, 0.2) is 24.3 Å². The third-order valence-corrected chi connectivity index (χ3v) is 2.88. The van der Waals surface area contributed by atoms with E-state index in [9.17, 15) is 9.90 Å². The molecule has 0 bridgehead atoms. The number of carbonyl (C=O) groups excluding carboxylic acids is 1. The van der Waals surface area contributed by atoms with E-state index < -0.39 is 0 Å². The van der Waals surface area contributed by atoms with Crippen molar-refractivity contribution in [2.24, 2.45) is 0 Å². The molecule has 0 aliphatic carbocycles. The first kappa shape index (κ1) is 14.2. The van der Waals surface area contributed by atoms with Gasteiger partial charge >= 0.3 is 0 Å². The van der Waals surface area contributed by atoms with Gasteiger partial charge in [-0.05, 0) is 25.0 Å². The van der Waals surface area contributed by atoms with Crippen LogP contribution >= 0.6 is 15.9 Å². The first-order valence-electron chi connectivity index (χ1n) is 5.70. The maximum absolute atomic E-state index is 11.6. The van der Waals surface area contributed by atoms with Crippen molar-refractivity contribution >= 4 is 21.7 Å². The van der Waals surface area contributed by atoms with E-state index in [1.54, 1.807) is 12.1 Å². The molecule has 94 valence electrons. The van der Waals surface area contributed by atoms with Gasteiger partial charge in [0.1, 0.15) is 12.4 Å². The van der Waals surface area contributed by atoms with Gasteiger partial charge in [0.25, 0.3) is 0 Å². The molecule has 0 atom stereocenters. The van der Waals surface area contributed by atoms with Gasteiger partial charge in [-0.1, -0.05) is 34.5 Å². The Bertz CT molecular complexity index is 352. The van der Waals surface area contributed by atoms with Crippen molar-refractivity contribution in [3.63, 3.8) is 0 Å². The quantitative estimate of drug-likeness (QED) is 0.456. The first-order chi connectivity index (χ1) is 8.24. The number of hydrogen-bond donors (Lipinski definition) is 1. The SMILES string of the molecule is O=C(COCCCCCBr)c1cccc(O)c1. The average molecular weight is 301 g/mol. The molecule has 0 aliphatic heterocycles. The van der Waals surface area contributed by atoms with E-state index in [0.717, 1.165) is 24.6 Å². The third kappa shape index (κ3) is 5.84. The van der Waals surface area contributed by atoms with Crippen LogP contribution in [0.3, 0.4) is 0 Å². The second kappa shape index (κ2) is 8.25. The molecule has 0 aliphatic rings. The lowest BCUT2D eigenvalue weighted by Crippen LogP contribution is -2.09. The molecule has 0 radical (unpaired) electrons. The largest absolute Gasteiger partial charge is 0.508 e. The summed E-state index contributed by atoms with van der Waals surface area (Å²) in [4.78, 5) is 11.6. The lowest BCUT2D eigenvalue weighted by Gasteiger charge is -2.04. The van der Waals surface area contributed by atoms with Gasteiger partial charge in [0.05, 0.1) is 0 Å². The van der Waals surface area contributed by atoms with Crippen molar-refractivity contribution in [1.82, 2.24) is 0 Å². The Morgan fingerprint density at radius 2 is 2.12 bits per heavy atom. The molecule has 1 aromatic carbocycles. The van der Waals surface area contributed by atoms with Crippen LogP contribution in [0.1, 0.15) is 29.6 Å². The van der Waals surface area contributed by atoms with Gasteiger partial charge in [0, 0.05) is 17.5 Å². The second-order valence-electron chi connectivity index (χ2n) is 3.78. The molecule has 1 aromatic rings. The Labute approximate surface area is 110 Å². The normalized spacial score (nSPS) is 10.4. The summed E-state index contributed by atoms with van der Waals surface area (Å²) < 4.78 is 5.29. The summed E-state index contributed by atoms with van der Waals surface area (Å²) in [6.07, 6.45) is 3.20. The van der Waals surface area contributed by atoms with Crippen molar-refractivity contribution in [2.75, 3.05) is 18.5 Å². The highest BCUT2D eigenvalue weighted by molar-refractivity contribution is 9.09. The predicted octanol–water partition coefficient (Wildman–Crippen LogP) is 3.16. The molecule has 0 amide bonds. The minimum Gasteiger partial charge on any atom is -0.508 e. The van der Waals surface area contributed by atoms with E-state index in [1.165, 1.54) is 12.1 Å². The average Bonchev–Trinajstić information content (AvgIpc) is 2.33. The number of alkyl halides is 1. The van der Waals surface area contributed by atoms with Crippen LogP contribution in [-0.4, -0.2) is 29.4 Å². The van der Waals surface area contributed by atoms with Gasteiger partial charge in [-0.25, -0.2) is 0 Å². The van der Waals surface area contributed by atoms with Crippen molar-refractivity contribution in [2.45, 2.75) is 19.3 Å². The van der Waals surface area contributed by atoms with Crippen LogP contribution < -0.4 is 0 Å². The van der Waals surface area contributed by atoms with Crippen LogP contribution in [0, 0.1) is 0 Å². The molecule has 3 nitrogen and oxygen atoms in total. The molecule has 0 heterocycles. The van der Waals surface area contributed by atoms with Crippen molar-refractivity contribution < 1.29 is 14.6 Å². The highest BCUT2D eigenvalue weighted by Gasteiger charge is 2.06. The zero-order valence-electron chi connectivity index (χ0n) is 9.69. The van der Waals surface area contributed by atoms with E-state index in [0.29, 0.717) is 12.2 Å². The number of ketones is 1. The number of rotatable bonds is 8. The Morgan fingerprint density at radius 3 is 2.82 bits per heavy atom. The lowest BCUT2D eigenvalue weighted by molar-refractivity contribution is 0.0753. The summed E-state index contributed by atoms with van der Waals surface area (Å²) >= 11 is 3.36. The van der Waals surface area contributed by atoms with Crippen molar-refractivity contribution in [1.29, 1.82) is 0 Å². The van der Waals surface area contributed by atoms with Crippen LogP contribution in [0.2, 0.25) is 0 Å². The number of phenolic OH excluding ortho intramolecular Hbond substituents is 1. The molecule has 1 rings (SSSR count). The molecule has 0 saturated heterocycles. The maximum atomic E-state index is 11.6. The molecule has 0 unspecified atom stereocenters. The van der Waals surface area contributed by atoms with Gasteiger partial charge in [-0.15, -0.1) is 0 Å². The maximum Gasteiger partial charge on any atom is 0.188 e. The fourth-order valence-corrected chi connectivity index (χ4v) is 1.80. The molecular weight excluding hydrogens is 284 g/mol. The summed E-state index contributed by atoms with van der Waals surface area (Å²) in [7, 11) is 0. The minimum absolute atomic E-state index is 0.0811. The zero-order chi connectivity index (χ0) is 12.5. The Kier molecular flexibility index (Phi) is 6.89. The highest BCUT2D eigenvalue weighted by Crippen LogP contribution is 2.11. The van der Waals surface area contributed by atoms with Crippen LogP contribution in [0.25, 0.3) is 0 Å². The zero-order valence-corrected chi connectivity index (χ0v) is 11.3. The van der Waals surface area contributed by atoms with E-state index in [-0.39, 0.29) is 18.1 Å². The fraction of sp³-hybridized carbons (Fsp3) is 0.462. The van der Waals surface area contributed by atoms with Crippen LogP contribution in [-0.2, 0) is 4.74 Å². The second-order valence-corrected chi connectivity index (χ2v) is 4.57. The number of Topliss-reactive ketones (excluding diaryl/α,β-unsaturated/α-hetero) is 1. The number of carbonyl (C=O) groups is 1. The van der Waals surface area contributed by atoms with Gasteiger partial charge in [0.15, 0.2) is 5.78 Å². The molecule has 17 heavy (non-hydrogen) atoms. The molecule has 0 aromatic heterocycles. The lowest BCUT2D eigenvalue weighted by atomic mass is 10.1. The minimum atomic E-state index is -0.0959. The van der Waals surface area contributed by atoms with E-state index >= 15 is 0 Å². The van der Waals surface area contributed by atoms with Gasteiger partial charge in [-0.3, -0.25) is 4.79 Å². The Balaban J connectivity index is 2.21. The van der Waals surface area contributed by atoms with E-state index in [2.05, 4.69) is 15.9 Å². The summed E-state index contributed by atoms with van der Waals surface area (Å²) in [5.41, 5.74) is 0.491. The third-order valence-electron chi connectivity index (χ3n) is 2.32. The van der Waals surface area contributed by atoms with E-state index in [1.807, 2.05) is 0 Å². The first-order valence-corrected chi connectivity index (χ1v) is 6.82. The smallest absolute Gasteiger partial charge is 0.188 e. The summed E-state index contributed by atoms with van der Waals surface area (Å²) in [5.74, 6) is 0.00885. The highest BCUT2D eigenvalue weighted by atomic mass is 79.9. The Hall–Kier alpha value is -0.870.